The van der Waals surface area contributed by atoms with Gasteiger partial charge in [0.25, 0.3) is 0 Å². The average Bonchev–Trinajstić information content (AvgIpc) is 2.77. The summed E-state index contributed by atoms with van der Waals surface area (Å²) < 4.78 is 10.7. The van der Waals surface area contributed by atoms with E-state index >= 15 is 0 Å². The van der Waals surface area contributed by atoms with Gasteiger partial charge in [0.2, 0.25) is 11.8 Å². The largest absolute Gasteiger partial charge is 0.496 e. The van der Waals surface area contributed by atoms with Gasteiger partial charge >= 0.3 is 5.97 Å². The Balaban J connectivity index is 2.39. The number of carbonyl (C=O) groups excluding carboxylic acids is 1. The summed E-state index contributed by atoms with van der Waals surface area (Å²) in [6.45, 7) is 0. The van der Waals surface area contributed by atoms with Gasteiger partial charge in [0.1, 0.15) is 17.1 Å². The second kappa shape index (κ2) is 5.43. The number of nitrogens with zero attached hydrogens (tertiary/aromatic N) is 1. The molecule has 0 fully saturated rings. The Morgan fingerprint density at radius 2 is 1.50 bits per heavy atom. The predicted molar refractivity (Wildman–Crippen MR) is 68.2 cm³/mol. The summed E-state index contributed by atoms with van der Waals surface area (Å²) in [6, 6.07) is 7.15. The molecule has 0 atom stereocenters. The summed E-state index contributed by atoms with van der Waals surface area (Å²) in [5, 5.41) is 18.9. The number of hydrogen-bond donors (Lipinski definition) is 2. The molecule has 0 saturated carbocycles. The Morgan fingerprint density at radius 1 is 1.00 bits per heavy atom. The topological polar surface area (TPSA) is 90.2 Å². The second-order valence-electron chi connectivity index (χ2n) is 3.76. The lowest BCUT2D eigenvalue weighted by Gasteiger charge is -2.12. The zero-order valence-corrected chi connectivity index (χ0v) is 10.9. The fourth-order valence-electron chi connectivity index (χ4n) is 1.68. The van der Waals surface area contributed by atoms with Crippen LogP contribution in [0.3, 0.4) is 0 Å². The highest BCUT2D eigenvalue weighted by Gasteiger charge is 2.22. The van der Waals surface area contributed by atoms with E-state index in [-0.39, 0.29) is 17.1 Å². The summed E-state index contributed by atoms with van der Waals surface area (Å²) in [5.41, 5.74) is 0.0463. The van der Waals surface area contributed by atoms with Gasteiger partial charge < -0.3 is 24.5 Å². The number of hydrogen-bond acceptors (Lipinski definition) is 6. The van der Waals surface area contributed by atoms with Gasteiger partial charge in [-0.1, -0.05) is 6.07 Å². The van der Waals surface area contributed by atoms with Gasteiger partial charge in [0.15, 0.2) is 0 Å². The lowest BCUT2D eigenvalue weighted by atomic mass is 10.2. The van der Waals surface area contributed by atoms with Crippen LogP contribution in [0.4, 0.5) is 0 Å². The van der Waals surface area contributed by atoms with Crippen LogP contribution in [0.25, 0.3) is 0 Å². The van der Waals surface area contributed by atoms with E-state index in [1.807, 2.05) is 0 Å². The first-order valence-corrected chi connectivity index (χ1v) is 5.61. The van der Waals surface area contributed by atoms with Crippen LogP contribution in [0, 0.1) is 0 Å². The van der Waals surface area contributed by atoms with Crippen LogP contribution in [-0.2, 0) is 0 Å². The molecule has 106 valence electrons. The molecule has 2 N–H and O–H groups in total. The number of methoxy groups -OCH3 is 2. The molecular formula is C13H13NO6. The molecule has 0 bridgehead atoms. The first kappa shape index (κ1) is 13.6. The Bertz CT molecular complexity index is 592. The number of aromatic hydroxyl groups is 2. The highest BCUT2D eigenvalue weighted by atomic mass is 16.7. The van der Waals surface area contributed by atoms with Gasteiger partial charge in [-0.15, -0.1) is 4.73 Å². The van der Waals surface area contributed by atoms with Crippen molar-refractivity contribution in [1.29, 1.82) is 0 Å². The standard InChI is InChI=1S/C13H13NO6/c1-18-8-4-3-5-9(19-2)12(8)13(17)20-14-10(15)6-7-11(14)16/h3-7,15-16H,1-2H3. The molecule has 0 radical (unpaired) electrons. The van der Waals surface area contributed by atoms with Gasteiger partial charge in [0.05, 0.1) is 14.2 Å². The third kappa shape index (κ3) is 2.33. The summed E-state index contributed by atoms with van der Waals surface area (Å²) in [6.07, 6.45) is 0. The van der Waals surface area contributed by atoms with Crippen molar-refractivity contribution in [1.82, 2.24) is 4.73 Å². The van der Waals surface area contributed by atoms with Gasteiger partial charge in [0, 0.05) is 12.1 Å². The van der Waals surface area contributed by atoms with E-state index in [1.165, 1.54) is 26.4 Å². The van der Waals surface area contributed by atoms with Crippen LogP contribution in [0.5, 0.6) is 23.3 Å². The van der Waals surface area contributed by atoms with Crippen molar-refractivity contribution >= 4 is 5.97 Å². The van der Waals surface area contributed by atoms with Gasteiger partial charge in [-0.3, -0.25) is 0 Å². The maximum atomic E-state index is 12.2. The predicted octanol–water partition coefficient (Wildman–Crippen LogP) is 1.19. The summed E-state index contributed by atoms with van der Waals surface area (Å²) >= 11 is 0. The lowest BCUT2D eigenvalue weighted by Crippen LogP contribution is -2.20. The van der Waals surface area contributed by atoms with Crippen LogP contribution < -0.4 is 14.3 Å². The monoisotopic (exact) mass is 279 g/mol. The van der Waals surface area contributed by atoms with Crippen molar-refractivity contribution in [3.05, 3.63) is 35.9 Å². The van der Waals surface area contributed by atoms with E-state index < -0.39 is 17.7 Å². The minimum Gasteiger partial charge on any atom is -0.496 e. The maximum Gasteiger partial charge on any atom is 0.371 e. The maximum absolute atomic E-state index is 12.2. The third-order valence-electron chi connectivity index (χ3n) is 2.60. The minimum atomic E-state index is -0.846. The molecular weight excluding hydrogens is 266 g/mol. The van der Waals surface area contributed by atoms with Crippen molar-refractivity contribution in [3.63, 3.8) is 0 Å². The molecule has 7 heteroatoms. The van der Waals surface area contributed by atoms with Crippen molar-refractivity contribution in [2.45, 2.75) is 0 Å². The van der Waals surface area contributed by atoms with Crippen LogP contribution in [-0.4, -0.2) is 35.1 Å². The van der Waals surface area contributed by atoms with Crippen molar-refractivity contribution in [2.24, 2.45) is 0 Å². The Morgan fingerprint density at radius 3 is 1.95 bits per heavy atom. The van der Waals surface area contributed by atoms with Crippen LogP contribution >= 0.6 is 0 Å². The molecule has 7 nitrogen and oxygen atoms in total. The molecule has 1 aromatic heterocycles. The van der Waals surface area contributed by atoms with Crippen LogP contribution in [0.15, 0.2) is 30.3 Å². The van der Waals surface area contributed by atoms with Gasteiger partial charge in [-0.05, 0) is 12.1 Å². The lowest BCUT2D eigenvalue weighted by molar-refractivity contribution is 0.0374. The number of rotatable bonds is 4. The van der Waals surface area contributed by atoms with Crippen LogP contribution in [0.2, 0.25) is 0 Å². The highest BCUT2D eigenvalue weighted by Crippen LogP contribution is 2.29. The Hall–Kier alpha value is -2.83. The number of ether oxygens (including phenoxy) is 2. The van der Waals surface area contributed by atoms with E-state index in [0.29, 0.717) is 4.73 Å². The molecule has 0 aliphatic carbocycles. The van der Waals surface area contributed by atoms with Crippen molar-refractivity contribution in [3.8, 4) is 23.3 Å². The molecule has 1 heterocycles. The Labute approximate surface area is 114 Å². The van der Waals surface area contributed by atoms with E-state index in [0.717, 1.165) is 0 Å². The number of benzene rings is 1. The van der Waals surface area contributed by atoms with E-state index in [9.17, 15) is 15.0 Å². The number of carbonyl (C=O) groups is 1. The summed E-state index contributed by atoms with van der Waals surface area (Å²) in [7, 11) is 2.80. The zero-order valence-electron chi connectivity index (χ0n) is 10.9. The normalized spacial score (nSPS) is 10.1. The fraction of sp³-hybridized carbons (Fsp3) is 0.154. The molecule has 0 spiro atoms. The molecule has 0 aliphatic heterocycles. The molecule has 0 unspecified atom stereocenters. The second-order valence-corrected chi connectivity index (χ2v) is 3.76. The van der Waals surface area contributed by atoms with Crippen molar-refractivity contribution < 1.29 is 29.3 Å². The van der Waals surface area contributed by atoms with E-state index in [4.69, 9.17) is 14.3 Å². The molecule has 0 amide bonds. The molecule has 2 rings (SSSR count). The van der Waals surface area contributed by atoms with Gasteiger partial charge in [-0.25, -0.2) is 4.79 Å². The quantitative estimate of drug-likeness (QED) is 0.873. The van der Waals surface area contributed by atoms with Gasteiger partial charge in [-0.2, -0.15) is 0 Å². The molecule has 2 aromatic rings. The van der Waals surface area contributed by atoms with E-state index in [2.05, 4.69) is 0 Å². The first-order chi connectivity index (χ1) is 9.58. The molecule has 1 aromatic carbocycles. The minimum absolute atomic E-state index is 0.0463. The molecule has 0 aliphatic rings. The Kier molecular flexibility index (Phi) is 3.69. The fourth-order valence-corrected chi connectivity index (χ4v) is 1.68. The summed E-state index contributed by atoms with van der Waals surface area (Å²) in [4.78, 5) is 17.1. The highest BCUT2D eigenvalue weighted by molar-refractivity contribution is 5.96. The molecule has 20 heavy (non-hydrogen) atoms. The first-order valence-electron chi connectivity index (χ1n) is 5.61. The van der Waals surface area contributed by atoms with E-state index in [1.54, 1.807) is 18.2 Å². The van der Waals surface area contributed by atoms with Crippen molar-refractivity contribution in [2.75, 3.05) is 14.2 Å². The van der Waals surface area contributed by atoms with Crippen LogP contribution in [0.1, 0.15) is 10.4 Å². The number of aromatic nitrogens is 1. The summed E-state index contributed by atoms with van der Waals surface area (Å²) in [5.74, 6) is -1.17. The third-order valence-corrected chi connectivity index (χ3v) is 2.60. The molecule has 0 saturated heterocycles. The average molecular weight is 279 g/mol. The SMILES string of the molecule is COc1cccc(OC)c1C(=O)On1c(O)ccc1O. The zero-order chi connectivity index (χ0) is 14.7. The smallest absolute Gasteiger partial charge is 0.371 e.